The van der Waals surface area contributed by atoms with E-state index in [1.165, 1.54) is 30.4 Å². The molecule has 2 rings (SSSR count). The summed E-state index contributed by atoms with van der Waals surface area (Å²) in [6.45, 7) is 4.73. The van der Waals surface area contributed by atoms with Crippen molar-refractivity contribution in [2.45, 2.75) is 24.0 Å². The molecule has 2 aromatic heterocycles. The van der Waals surface area contributed by atoms with Gasteiger partial charge in [-0.15, -0.1) is 0 Å². The number of aromatic nitrogens is 4. The smallest absolute Gasteiger partial charge is 0.251 e. The van der Waals surface area contributed by atoms with Crippen LogP contribution in [0.1, 0.15) is 12.5 Å². The first-order chi connectivity index (χ1) is 8.70. The molecule has 18 heavy (non-hydrogen) atoms. The molecule has 7 heteroatoms. The van der Waals surface area contributed by atoms with Crippen LogP contribution < -0.4 is 10.9 Å². The van der Waals surface area contributed by atoms with Gasteiger partial charge in [-0.1, -0.05) is 0 Å². The zero-order valence-corrected chi connectivity index (χ0v) is 10.9. The maximum absolute atomic E-state index is 11.2. The number of rotatable bonds is 4. The van der Waals surface area contributed by atoms with Gasteiger partial charge in [0.25, 0.3) is 5.56 Å². The molecule has 0 spiro atoms. The lowest BCUT2D eigenvalue weighted by Crippen LogP contribution is -2.06. The zero-order valence-electron chi connectivity index (χ0n) is 10.1. The van der Waals surface area contributed by atoms with Crippen LogP contribution in [0.3, 0.4) is 0 Å². The summed E-state index contributed by atoms with van der Waals surface area (Å²) in [5.74, 6) is 0.799. The molecule has 0 saturated heterocycles. The van der Waals surface area contributed by atoms with Crippen molar-refractivity contribution in [2.24, 2.45) is 0 Å². The molecule has 0 unspecified atom stereocenters. The first-order valence-electron chi connectivity index (χ1n) is 5.49. The Morgan fingerprint density at radius 1 is 1.39 bits per heavy atom. The molecular weight excluding hydrogens is 250 g/mol. The second kappa shape index (κ2) is 5.63. The Morgan fingerprint density at radius 2 is 2.22 bits per heavy atom. The number of hydrogen-bond donors (Lipinski definition) is 2. The maximum Gasteiger partial charge on any atom is 0.251 e. The number of anilines is 1. The fourth-order valence-electron chi connectivity index (χ4n) is 1.38. The van der Waals surface area contributed by atoms with E-state index in [2.05, 4.69) is 25.3 Å². The molecule has 0 atom stereocenters. The lowest BCUT2D eigenvalue weighted by molar-refractivity contribution is 0.923. The third kappa shape index (κ3) is 2.86. The third-order valence-electron chi connectivity index (χ3n) is 2.22. The molecule has 0 aliphatic rings. The number of nitrogens with zero attached hydrogens (tertiary/aromatic N) is 3. The SMILES string of the molecule is CCNc1ncnc(Sc2nccc(=O)[nH]2)c1C. The van der Waals surface area contributed by atoms with Gasteiger partial charge in [-0.25, -0.2) is 15.0 Å². The molecule has 2 aromatic rings. The monoisotopic (exact) mass is 263 g/mol. The molecule has 0 aromatic carbocycles. The summed E-state index contributed by atoms with van der Waals surface area (Å²) in [6, 6.07) is 1.38. The highest BCUT2D eigenvalue weighted by Gasteiger charge is 2.09. The summed E-state index contributed by atoms with van der Waals surface area (Å²) in [4.78, 5) is 26.3. The van der Waals surface area contributed by atoms with E-state index in [9.17, 15) is 4.79 Å². The van der Waals surface area contributed by atoms with Gasteiger partial charge in [-0.3, -0.25) is 4.79 Å². The van der Waals surface area contributed by atoms with Crippen molar-refractivity contribution in [3.63, 3.8) is 0 Å². The van der Waals surface area contributed by atoms with Crippen molar-refractivity contribution in [1.82, 2.24) is 19.9 Å². The van der Waals surface area contributed by atoms with Crippen LogP contribution in [0, 0.1) is 6.92 Å². The molecule has 0 fully saturated rings. The van der Waals surface area contributed by atoms with Crippen LogP contribution in [0.2, 0.25) is 0 Å². The number of H-pyrrole nitrogens is 1. The van der Waals surface area contributed by atoms with Crippen LogP contribution in [0.25, 0.3) is 0 Å². The molecular formula is C11H13N5OS. The minimum absolute atomic E-state index is 0.175. The Balaban J connectivity index is 2.29. The van der Waals surface area contributed by atoms with E-state index in [0.29, 0.717) is 5.16 Å². The van der Waals surface area contributed by atoms with Gasteiger partial charge in [0.15, 0.2) is 5.16 Å². The van der Waals surface area contributed by atoms with E-state index in [4.69, 9.17) is 0 Å². The van der Waals surface area contributed by atoms with Crippen LogP contribution in [-0.4, -0.2) is 26.5 Å². The van der Waals surface area contributed by atoms with Gasteiger partial charge in [0.05, 0.1) is 0 Å². The predicted octanol–water partition coefficient (Wildman–Crippen LogP) is 1.45. The van der Waals surface area contributed by atoms with Crippen LogP contribution >= 0.6 is 11.8 Å². The van der Waals surface area contributed by atoms with Crippen LogP contribution in [0.5, 0.6) is 0 Å². The van der Waals surface area contributed by atoms with Gasteiger partial charge in [0.1, 0.15) is 17.2 Å². The van der Waals surface area contributed by atoms with E-state index in [-0.39, 0.29) is 5.56 Å². The summed E-state index contributed by atoms with van der Waals surface area (Å²) < 4.78 is 0. The quantitative estimate of drug-likeness (QED) is 0.641. The fraction of sp³-hybridized carbons (Fsp3) is 0.273. The average molecular weight is 263 g/mol. The van der Waals surface area contributed by atoms with Crippen molar-refractivity contribution >= 4 is 17.6 Å². The second-order valence-electron chi connectivity index (χ2n) is 3.52. The van der Waals surface area contributed by atoms with Gasteiger partial charge >= 0.3 is 0 Å². The van der Waals surface area contributed by atoms with Crippen molar-refractivity contribution in [3.8, 4) is 0 Å². The molecule has 2 N–H and O–H groups in total. The standard InChI is InChI=1S/C11H13N5OS/c1-3-12-9-7(2)10(15-6-14-9)18-11-13-5-4-8(17)16-11/h4-6H,3H2,1-2H3,(H,12,14,15)(H,13,16,17). The Hall–Kier alpha value is -1.89. The second-order valence-corrected chi connectivity index (χ2v) is 4.50. The number of hydrogen-bond acceptors (Lipinski definition) is 6. The van der Waals surface area contributed by atoms with Crippen molar-refractivity contribution in [2.75, 3.05) is 11.9 Å². The van der Waals surface area contributed by atoms with E-state index < -0.39 is 0 Å². The Bertz CT molecular complexity index is 598. The summed E-state index contributed by atoms with van der Waals surface area (Å²) in [5, 5.41) is 4.45. The Kier molecular flexibility index (Phi) is 3.93. The van der Waals surface area contributed by atoms with Gasteiger partial charge in [-0.2, -0.15) is 0 Å². The summed E-state index contributed by atoms with van der Waals surface area (Å²) in [6.07, 6.45) is 2.97. The van der Waals surface area contributed by atoms with Crippen LogP contribution in [0.4, 0.5) is 5.82 Å². The number of aromatic amines is 1. The molecule has 2 heterocycles. The first-order valence-corrected chi connectivity index (χ1v) is 6.31. The molecule has 0 saturated carbocycles. The third-order valence-corrected chi connectivity index (χ3v) is 3.23. The topological polar surface area (TPSA) is 83.6 Å². The lowest BCUT2D eigenvalue weighted by atomic mass is 10.3. The highest BCUT2D eigenvalue weighted by atomic mass is 32.2. The van der Waals surface area contributed by atoms with Crippen LogP contribution in [0.15, 0.2) is 33.6 Å². The van der Waals surface area contributed by atoms with Crippen molar-refractivity contribution in [3.05, 3.63) is 34.5 Å². The van der Waals surface area contributed by atoms with Gasteiger partial charge in [-0.05, 0) is 25.6 Å². The van der Waals surface area contributed by atoms with Crippen molar-refractivity contribution < 1.29 is 0 Å². The lowest BCUT2D eigenvalue weighted by Gasteiger charge is -2.08. The minimum Gasteiger partial charge on any atom is -0.370 e. The van der Waals surface area contributed by atoms with Crippen molar-refractivity contribution in [1.29, 1.82) is 0 Å². The zero-order chi connectivity index (χ0) is 13.0. The summed E-state index contributed by atoms with van der Waals surface area (Å²) in [5.41, 5.74) is 0.766. The van der Waals surface area contributed by atoms with Gasteiger partial charge in [0.2, 0.25) is 0 Å². The molecule has 0 aliphatic carbocycles. The average Bonchev–Trinajstić information content (AvgIpc) is 2.35. The minimum atomic E-state index is -0.175. The molecule has 6 nitrogen and oxygen atoms in total. The Morgan fingerprint density at radius 3 is 2.94 bits per heavy atom. The summed E-state index contributed by atoms with van der Waals surface area (Å²) >= 11 is 1.31. The molecule has 0 amide bonds. The van der Waals surface area contributed by atoms with E-state index in [0.717, 1.165) is 23.0 Å². The van der Waals surface area contributed by atoms with Crippen LogP contribution in [-0.2, 0) is 0 Å². The first kappa shape index (κ1) is 12.6. The van der Waals surface area contributed by atoms with E-state index in [1.54, 1.807) is 0 Å². The van der Waals surface area contributed by atoms with Gasteiger partial charge in [0, 0.05) is 24.4 Å². The normalized spacial score (nSPS) is 10.3. The molecule has 94 valence electrons. The van der Waals surface area contributed by atoms with E-state index in [1.807, 2.05) is 13.8 Å². The molecule has 0 bridgehead atoms. The maximum atomic E-state index is 11.2. The van der Waals surface area contributed by atoms with Gasteiger partial charge < -0.3 is 10.3 Å². The fourth-order valence-corrected chi connectivity index (χ4v) is 2.18. The predicted molar refractivity (Wildman–Crippen MR) is 69.9 cm³/mol. The Labute approximate surface area is 108 Å². The largest absolute Gasteiger partial charge is 0.370 e. The summed E-state index contributed by atoms with van der Waals surface area (Å²) in [7, 11) is 0. The number of nitrogens with one attached hydrogen (secondary N) is 2. The highest BCUT2D eigenvalue weighted by molar-refractivity contribution is 7.99. The van der Waals surface area contributed by atoms with E-state index >= 15 is 0 Å². The molecule has 0 aliphatic heterocycles. The highest BCUT2D eigenvalue weighted by Crippen LogP contribution is 2.27. The molecule has 0 radical (unpaired) electrons.